The molecule has 1 amide bonds. The number of nitrogens with zero attached hydrogens (tertiary/aromatic N) is 1. The molecule has 0 spiro atoms. The summed E-state index contributed by atoms with van der Waals surface area (Å²) >= 11 is 0. The number of rotatable bonds is 3. The maximum absolute atomic E-state index is 13.3. The normalized spacial score (nSPS) is 11.4. The Labute approximate surface area is 111 Å². The minimum atomic E-state index is -0.539. The molecule has 0 saturated carbocycles. The van der Waals surface area contributed by atoms with Crippen molar-refractivity contribution in [1.29, 1.82) is 0 Å². The highest BCUT2D eigenvalue weighted by Crippen LogP contribution is 2.14. The largest absolute Gasteiger partial charge is 0.394 e. The predicted octanol–water partition coefficient (Wildman–Crippen LogP) is 0.622. The van der Waals surface area contributed by atoms with Crippen molar-refractivity contribution in [3.8, 4) is 11.8 Å². The van der Waals surface area contributed by atoms with E-state index in [1.54, 1.807) is 6.92 Å². The zero-order valence-electron chi connectivity index (χ0n) is 10.9. The van der Waals surface area contributed by atoms with Gasteiger partial charge in [-0.2, -0.15) is 0 Å². The van der Waals surface area contributed by atoms with Crippen molar-refractivity contribution < 1.29 is 19.4 Å². The van der Waals surface area contributed by atoms with Crippen LogP contribution in [0, 0.1) is 17.7 Å². The molecule has 0 fully saturated rings. The van der Waals surface area contributed by atoms with Crippen LogP contribution in [0.3, 0.4) is 0 Å². The van der Waals surface area contributed by atoms with Crippen LogP contribution in [0.15, 0.2) is 18.2 Å². The molecule has 0 bridgehead atoms. The first-order chi connectivity index (χ1) is 9.01. The van der Waals surface area contributed by atoms with Gasteiger partial charge in [-0.15, -0.1) is 0 Å². The molecular weight excluding hydrogens is 249 g/mol. The maximum Gasteiger partial charge on any atom is 0.255 e. The smallest absolute Gasteiger partial charge is 0.255 e. The van der Waals surface area contributed by atoms with Crippen molar-refractivity contribution in [1.82, 2.24) is 4.90 Å². The molecule has 19 heavy (non-hydrogen) atoms. The van der Waals surface area contributed by atoms with E-state index in [0.29, 0.717) is 5.56 Å². The zero-order chi connectivity index (χ0) is 14.4. The highest BCUT2D eigenvalue weighted by Gasteiger charge is 2.19. The Balaban J connectivity index is 3.17. The number of amides is 1. The van der Waals surface area contributed by atoms with Crippen molar-refractivity contribution >= 4 is 5.91 Å². The number of carbonyl (C=O) groups excluding carboxylic acids is 1. The van der Waals surface area contributed by atoms with Crippen LogP contribution in [0.4, 0.5) is 4.39 Å². The third-order valence-corrected chi connectivity index (χ3v) is 2.76. The fraction of sp³-hybridized carbons (Fsp3) is 0.357. The fourth-order valence-electron chi connectivity index (χ4n) is 1.45. The Morgan fingerprint density at radius 2 is 2.16 bits per heavy atom. The Kier molecular flexibility index (Phi) is 5.49. The second kappa shape index (κ2) is 6.88. The van der Waals surface area contributed by atoms with Crippen molar-refractivity contribution in [3.63, 3.8) is 0 Å². The minimum Gasteiger partial charge on any atom is -0.394 e. The summed E-state index contributed by atoms with van der Waals surface area (Å²) in [6.45, 7) is 1.15. The molecule has 1 aromatic rings. The van der Waals surface area contributed by atoms with E-state index in [4.69, 9.17) is 10.2 Å². The van der Waals surface area contributed by atoms with E-state index in [1.165, 1.54) is 24.1 Å². The number of hydrogen-bond acceptors (Lipinski definition) is 3. The summed E-state index contributed by atoms with van der Waals surface area (Å²) in [5.41, 5.74) is 0.459. The van der Waals surface area contributed by atoms with Crippen LogP contribution in [0.5, 0.6) is 0 Å². The molecule has 0 aliphatic rings. The topological polar surface area (TPSA) is 60.8 Å². The lowest BCUT2D eigenvalue weighted by Gasteiger charge is -2.23. The van der Waals surface area contributed by atoms with Gasteiger partial charge in [0, 0.05) is 12.6 Å². The van der Waals surface area contributed by atoms with Gasteiger partial charge >= 0.3 is 0 Å². The van der Waals surface area contributed by atoms with Crippen LogP contribution in [-0.4, -0.2) is 47.3 Å². The first-order valence-electron chi connectivity index (χ1n) is 5.78. The first-order valence-corrected chi connectivity index (χ1v) is 5.78. The summed E-state index contributed by atoms with van der Waals surface area (Å²) in [6.07, 6.45) is 0. The lowest BCUT2D eigenvalue weighted by atomic mass is 10.1. The summed E-state index contributed by atoms with van der Waals surface area (Å²) < 4.78 is 13.3. The van der Waals surface area contributed by atoms with E-state index in [2.05, 4.69) is 11.8 Å². The number of benzene rings is 1. The zero-order valence-corrected chi connectivity index (χ0v) is 10.9. The third-order valence-electron chi connectivity index (χ3n) is 2.76. The summed E-state index contributed by atoms with van der Waals surface area (Å²) in [7, 11) is 1.53. The van der Waals surface area contributed by atoms with Gasteiger partial charge in [0.05, 0.1) is 18.2 Å². The Bertz CT molecular complexity index is 519. The highest BCUT2D eigenvalue weighted by atomic mass is 19.1. The molecule has 5 heteroatoms. The van der Waals surface area contributed by atoms with Crippen molar-refractivity contribution in [2.45, 2.75) is 13.0 Å². The van der Waals surface area contributed by atoms with Crippen LogP contribution in [0.25, 0.3) is 0 Å². The van der Waals surface area contributed by atoms with Crippen LogP contribution in [0.1, 0.15) is 22.8 Å². The van der Waals surface area contributed by atoms with Crippen LogP contribution < -0.4 is 0 Å². The van der Waals surface area contributed by atoms with Gasteiger partial charge < -0.3 is 15.1 Å². The molecule has 1 aromatic carbocycles. The van der Waals surface area contributed by atoms with Crippen molar-refractivity contribution in [2.24, 2.45) is 0 Å². The number of hydrogen-bond donors (Lipinski definition) is 2. The number of aliphatic hydroxyl groups excluding tert-OH is 2. The van der Waals surface area contributed by atoms with Gasteiger partial charge in [-0.3, -0.25) is 4.79 Å². The number of likely N-dealkylation sites (N-methyl/N-ethyl adjacent to an activating group) is 1. The Morgan fingerprint density at radius 1 is 1.47 bits per heavy atom. The molecule has 1 unspecified atom stereocenters. The molecule has 0 radical (unpaired) electrons. The number of carbonyl (C=O) groups is 1. The van der Waals surface area contributed by atoms with E-state index >= 15 is 0 Å². The molecular formula is C14H16FNO3. The summed E-state index contributed by atoms with van der Waals surface area (Å²) in [6, 6.07) is 3.31. The lowest BCUT2D eigenvalue weighted by molar-refractivity contribution is 0.0681. The molecule has 0 heterocycles. The van der Waals surface area contributed by atoms with E-state index in [0.717, 1.165) is 6.07 Å². The molecule has 0 aliphatic carbocycles. The Morgan fingerprint density at radius 3 is 2.74 bits per heavy atom. The van der Waals surface area contributed by atoms with Gasteiger partial charge in [0.1, 0.15) is 12.4 Å². The summed E-state index contributed by atoms with van der Waals surface area (Å²) in [5.74, 6) is 4.06. The molecule has 2 N–H and O–H groups in total. The average molecular weight is 265 g/mol. The van der Waals surface area contributed by atoms with Gasteiger partial charge in [0.15, 0.2) is 0 Å². The molecule has 1 rings (SSSR count). The standard InChI is InChI=1S/C14H16FNO3/c1-10(9-18)16(2)14(19)13-8-12(15)6-5-11(13)4-3-7-17/h5-6,8,10,17-18H,7,9H2,1-2H3. The summed E-state index contributed by atoms with van der Waals surface area (Å²) in [5, 5.41) is 17.7. The minimum absolute atomic E-state index is 0.115. The van der Waals surface area contributed by atoms with Crippen molar-refractivity contribution in [2.75, 3.05) is 20.3 Å². The van der Waals surface area contributed by atoms with Gasteiger partial charge in [-0.25, -0.2) is 4.39 Å². The van der Waals surface area contributed by atoms with Gasteiger partial charge in [-0.05, 0) is 25.1 Å². The fourth-order valence-corrected chi connectivity index (χ4v) is 1.45. The van der Waals surface area contributed by atoms with Gasteiger partial charge in [0.25, 0.3) is 5.91 Å². The SMILES string of the molecule is CC(CO)N(C)C(=O)c1cc(F)ccc1C#CCO. The molecule has 0 saturated heterocycles. The average Bonchev–Trinajstić information content (AvgIpc) is 2.43. The summed E-state index contributed by atoms with van der Waals surface area (Å²) in [4.78, 5) is 13.5. The molecule has 102 valence electrons. The molecule has 1 atom stereocenters. The van der Waals surface area contributed by atoms with E-state index < -0.39 is 11.7 Å². The maximum atomic E-state index is 13.3. The molecule has 0 aliphatic heterocycles. The second-order valence-corrected chi connectivity index (χ2v) is 4.10. The van der Waals surface area contributed by atoms with Gasteiger partial charge in [-0.1, -0.05) is 11.8 Å². The van der Waals surface area contributed by atoms with Crippen LogP contribution in [0.2, 0.25) is 0 Å². The molecule has 4 nitrogen and oxygen atoms in total. The number of aliphatic hydroxyl groups is 2. The second-order valence-electron chi connectivity index (χ2n) is 4.10. The van der Waals surface area contributed by atoms with Crippen LogP contribution >= 0.6 is 0 Å². The van der Waals surface area contributed by atoms with E-state index in [-0.39, 0.29) is 24.8 Å². The quantitative estimate of drug-likeness (QED) is 0.788. The predicted molar refractivity (Wildman–Crippen MR) is 69.0 cm³/mol. The van der Waals surface area contributed by atoms with E-state index in [1.807, 2.05) is 0 Å². The highest BCUT2D eigenvalue weighted by molar-refractivity contribution is 5.96. The van der Waals surface area contributed by atoms with Gasteiger partial charge in [0.2, 0.25) is 0 Å². The Hall–Kier alpha value is -1.90. The number of halogens is 1. The van der Waals surface area contributed by atoms with Crippen molar-refractivity contribution in [3.05, 3.63) is 35.1 Å². The van der Waals surface area contributed by atoms with Crippen LogP contribution in [-0.2, 0) is 0 Å². The molecule has 0 aromatic heterocycles. The lowest BCUT2D eigenvalue weighted by Crippen LogP contribution is -2.37. The monoisotopic (exact) mass is 265 g/mol. The first kappa shape index (κ1) is 15.2. The van der Waals surface area contributed by atoms with E-state index in [9.17, 15) is 9.18 Å². The third kappa shape index (κ3) is 3.78.